The Hall–Kier alpha value is -3.07. The van der Waals surface area contributed by atoms with Crippen LogP contribution in [0.4, 0.5) is 0 Å². The van der Waals surface area contributed by atoms with E-state index in [9.17, 15) is 9.59 Å². The lowest BCUT2D eigenvalue weighted by molar-refractivity contribution is -0.139. The molecule has 0 aliphatic carbocycles. The molecule has 2 aromatic carbocycles. The van der Waals surface area contributed by atoms with Crippen LogP contribution in [-0.4, -0.2) is 21.7 Å². The van der Waals surface area contributed by atoms with E-state index in [2.05, 4.69) is 16.0 Å². The number of aromatic nitrogens is 2. The minimum atomic E-state index is -0.849. The predicted molar refractivity (Wildman–Crippen MR) is 148 cm³/mol. The van der Waals surface area contributed by atoms with Gasteiger partial charge in [-0.3, -0.25) is 9.78 Å². The number of nitrogens with zero attached hydrogens (tertiary/aromatic N) is 2. The average Bonchev–Trinajstić information content (AvgIpc) is 2.93. The second-order valence-corrected chi connectivity index (χ2v) is 11.1. The van der Waals surface area contributed by atoms with Gasteiger partial charge >= 0.3 is 5.97 Å². The van der Waals surface area contributed by atoms with Crippen molar-refractivity contribution in [3.63, 3.8) is 0 Å². The lowest BCUT2D eigenvalue weighted by Crippen LogP contribution is -2.18. The molecule has 0 fully saturated rings. The zero-order chi connectivity index (χ0) is 25.0. The molecule has 4 aromatic rings. The van der Waals surface area contributed by atoms with Gasteiger partial charge < -0.3 is 4.74 Å². The quantitative estimate of drug-likeness (QED) is 0.0856. The van der Waals surface area contributed by atoms with Gasteiger partial charge in [0.1, 0.15) is 11.6 Å². The van der Waals surface area contributed by atoms with Crippen molar-refractivity contribution in [3.8, 4) is 0 Å². The first-order valence-corrected chi connectivity index (χ1v) is 14.7. The molecule has 0 aliphatic heterocycles. The van der Waals surface area contributed by atoms with Crippen molar-refractivity contribution in [1.29, 1.82) is 0 Å². The van der Waals surface area contributed by atoms with E-state index in [0.29, 0.717) is 17.1 Å². The van der Waals surface area contributed by atoms with Crippen molar-refractivity contribution < 1.29 is 14.3 Å². The molecule has 2 aromatic heterocycles. The number of carbonyl (C=O) groups is 2. The molecule has 0 N–H and O–H groups in total. The molecule has 0 bridgehead atoms. The number of carbonyl (C=O) groups excluding carboxylic acids is 2. The van der Waals surface area contributed by atoms with Crippen LogP contribution in [0.5, 0.6) is 0 Å². The molecule has 182 valence electrons. The molecule has 0 unspecified atom stereocenters. The molecular weight excluding hydrogens is 509 g/mol. The minimum absolute atomic E-state index is 0.0639. The zero-order valence-electron chi connectivity index (χ0n) is 19.4. The standard InChI is InChI=1S/C28H24N2O3S3/c31-27(28(32)33-17-21-8-2-1-3-9-21)24-15-22(18-34-20-25-10-4-6-12-29-25)14-23(16-24)19-35-36-26-11-5-7-13-30-26/h1-16H,17-20H2. The summed E-state index contributed by atoms with van der Waals surface area (Å²) in [6.07, 6.45) is 3.55. The molecule has 0 saturated heterocycles. The molecule has 36 heavy (non-hydrogen) atoms. The third-order valence-electron chi connectivity index (χ3n) is 4.97. The number of benzene rings is 2. The molecule has 0 atom stereocenters. The van der Waals surface area contributed by atoms with Crippen molar-refractivity contribution in [3.05, 3.63) is 125 Å². The normalized spacial score (nSPS) is 10.7. The summed E-state index contributed by atoms with van der Waals surface area (Å²) in [5.74, 6) is 0.642. The maximum Gasteiger partial charge on any atom is 0.380 e. The number of hydrogen-bond acceptors (Lipinski definition) is 8. The first-order chi connectivity index (χ1) is 17.7. The van der Waals surface area contributed by atoms with Crippen molar-refractivity contribution in [2.24, 2.45) is 0 Å². The van der Waals surface area contributed by atoms with Gasteiger partial charge in [0.05, 0.1) is 5.69 Å². The Morgan fingerprint density at radius 1 is 0.722 bits per heavy atom. The molecular formula is C28H24N2O3S3. The molecule has 0 amide bonds. The Bertz CT molecular complexity index is 1210. The Morgan fingerprint density at radius 2 is 1.44 bits per heavy atom. The summed E-state index contributed by atoms with van der Waals surface area (Å²) in [6, 6.07) is 26.6. The van der Waals surface area contributed by atoms with Crippen LogP contribution in [0.25, 0.3) is 0 Å². The van der Waals surface area contributed by atoms with E-state index in [-0.39, 0.29) is 6.61 Å². The van der Waals surface area contributed by atoms with Crippen molar-refractivity contribution in [2.45, 2.75) is 28.9 Å². The molecule has 0 spiro atoms. The van der Waals surface area contributed by atoms with Crippen molar-refractivity contribution in [1.82, 2.24) is 9.97 Å². The first kappa shape index (κ1) is 26.0. The van der Waals surface area contributed by atoms with Crippen molar-refractivity contribution in [2.75, 3.05) is 0 Å². The largest absolute Gasteiger partial charge is 0.455 e. The van der Waals surface area contributed by atoms with Gasteiger partial charge in [-0.2, -0.15) is 11.8 Å². The maximum absolute atomic E-state index is 12.9. The van der Waals surface area contributed by atoms with E-state index in [1.54, 1.807) is 57.9 Å². The molecule has 5 nitrogen and oxygen atoms in total. The number of Topliss-reactive ketones (excluding diaryl/α,β-unsaturated/α-hetero) is 1. The molecule has 2 heterocycles. The molecule has 8 heteroatoms. The summed E-state index contributed by atoms with van der Waals surface area (Å²) in [5.41, 5.74) is 4.14. The third kappa shape index (κ3) is 8.26. The number of ether oxygens (including phenoxy) is 1. The summed E-state index contributed by atoms with van der Waals surface area (Å²) >= 11 is 1.71. The van der Waals surface area contributed by atoms with E-state index in [1.807, 2.05) is 66.7 Å². The van der Waals surface area contributed by atoms with Crippen LogP contribution in [0.1, 0.15) is 32.7 Å². The molecule has 4 rings (SSSR count). The highest BCUT2D eigenvalue weighted by Gasteiger charge is 2.19. The Morgan fingerprint density at radius 3 is 2.17 bits per heavy atom. The smallest absolute Gasteiger partial charge is 0.380 e. The summed E-state index contributed by atoms with van der Waals surface area (Å²) < 4.78 is 5.28. The van der Waals surface area contributed by atoms with Crippen LogP contribution in [0.2, 0.25) is 0 Å². The van der Waals surface area contributed by atoms with Gasteiger partial charge in [0.25, 0.3) is 5.78 Å². The minimum Gasteiger partial charge on any atom is -0.455 e. The molecule has 0 aliphatic rings. The number of thioether (sulfide) groups is 1. The van der Waals surface area contributed by atoms with E-state index in [0.717, 1.165) is 33.2 Å². The number of ketones is 1. The van der Waals surface area contributed by atoms with Crippen LogP contribution in [0, 0.1) is 0 Å². The second kappa shape index (κ2) is 13.9. The first-order valence-electron chi connectivity index (χ1n) is 11.2. The fourth-order valence-electron chi connectivity index (χ4n) is 3.28. The fourth-order valence-corrected chi connectivity index (χ4v) is 6.13. The van der Waals surface area contributed by atoms with E-state index in [4.69, 9.17) is 4.74 Å². The molecule has 0 radical (unpaired) electrons. The van der Waals surface area contributed by atoms with E-state index in [1.165, 1.54) is 0 Å². The van der Waals surface area contributed by atoms with Gasteiger partial charge in [-0.15, -0.1) is 0 Å². The van der Waals surface area contributed by atoms with Crippen LogP contribution in [0.15, 0.2) is 102 Å². The lowest BCUT2D eigenvalue weighted by atomic mass is 10.0. The summed E-state index contributed by atoms with van der Waals surface area (Å²) in [4.78, 5) is 34.2. The Labute approximate surface area is 222 Å². The third-order valence-corrected chi connectivity index (χ3v) is 8.20. The summed E-state index contributed by atoms with van der Waals surface area (Å²) in [5, 5.41) is 0.922. The maximum atomic E-state index is 12.9. The topological polar surface area (TPSA) is 69.2 Å². The van der Waals surface area contributed by atoms with E-state index < -0.39 is 11.8 Å². The summed E-state index contributed by atoms with van der Waals surface area (Å²) in [6.45, 7) is 0.0639. The number of rotatable bonds is 12. The monoisotopic (exact) mass is 532 g/mol. The number of pyridine rings is 2. The van der Waals surface area contributed by atoms with Gasteiger partial charge in [0.2, 0.25) is 0 Å². The van der Waals surface area contributed by atoms with Gasteiger partial charge in [-0.1, -0.05) is 59.3 Å². The van der Waals surface area contributed by atoms with Crippen LogP contribution in [0.3, 0.4) is 0 Å². The van der Waals surface area contributed by atoms with Crippen LogP contribution < -0.4 is 0 Å². The van der Waals surface area contributed by atoms with Gasteiger partial charge in [-0.25, -0.2) is 9.78 Å². The highest BCUT2D eigenvalue weighted by molar-refractivity contribution is 8.76. The van der Waals surface area contributed by atoms with Crippen molar-refractivity contribution >= 4 is 45.1 Å². The average molecular weight is 533 g/mol. The van der Waals surface area contributed by atoms with Crippen LogP contribution in [-0.2, 0) is 33.4 Å². The Kier molecular flexibility index (Phi) is 10.0. The van der Waals surface area contributed by atoms with E-state index >= 15 is 0 Å². The Balaban J connectivity index is 1.43. The second-order valence-electron chi connectivity index (χ2n) is 7.76. The van der Waals surface area contributed by atoms with Gasteiger partial charge in [-0.05, 0) is 63.9 Å². The van der Waals surface area contributed by atoms with Gasteiger partial charge in [0.15, 0.2) is 0 Å². The SMILES string of the molecule is O=C(OCc1ccccc1)C(=O)c1cc(CSCc2ccccn2)cc(CSSc2ccccn2)c1. The molecule has 0 saturated carbocycles. The fraction of sp³-hybridized carbons (Fsp3) is 0.143. The highest BCUT2D eigenvalue weighted by Crippen LogP contribution is 2.33. The lowest BCUT2D eigenvalue weighted by Gasteiger charge is -2.10. The highest BCUT2D eigenvalue weighted by atomic mass is 33.1. The van der Waals surface area contributed by atoms with Gasteiger partial charge in [0, 0.05) is 35.2 Å². The number of hydrogen-bond donors (Lipinski definition) is 0. The van der Waals surface area contributed by atoms with Crippen LogP contribution >= 0.6 is 33.3 Å². The number of esters is 1. The summed E-state index contributed by atoms with van der Waals surface area (Å²) in [7, 11) is 3.21. The zero-order valence-corrected chi connectivity index (χ0v) is 21.9. The predicted octanol–water partition coefficient (Wildman–Crippen LogP) is 6.78.